The van der Waals surface area contributed by atoms with E-state index in [1.165, 1.54) is 37.7 Å². The molecule has 1 atom stereocenters. The molecular weight excluding hydrogens is 225 g/mol. The maximum Gasteiger partial charge on any atom is 0.126 e. The fourth-order valence-corrected chi connectivity index (χ4v) is 4.30. The normalized spacial score (nSPS) is 26.0. The van der Waals surface area contributed by atoms with Crippen LogP contribution in [0.2, 0.25) is 0 Å². The van der Waals surface area contributed by atoms with E-state index in [1.54, 1.807) is 6.07 Å². The number of hydrogen-bond acceptors (Lipinski definition) is 1. The molecule has 1 aromatic carbocycles. The first-order valence-electron chi connectivity index (χ1n) is 7.26. The van der Waals surface area contributed by atoms with Crippen molar-refractivity contribution < 1.29 is 4.39 Å². The number of hydrogen-bond donors (Lipinski definition) is 1. The molecule has 2 heteroatoms. The van der Waals surface area contributed by atoms with Crippen molar-refractivity contribution in [3.63, 3.8) is 0 Å². The highest BCUT2D eigenvalue weighted by atomic mass is 19.1. The number of halogens is 1. The van der Waals surface area contributed by atoms with Crippen LogP contribution >= 0.6 is 0 Å². The van der Waals surface area contributed by atoms with Gasteiger partial charge in [-0.25, -0.2) is 4.39 Å². The Labute approximate surface area is 109 Å². The summed E-state index contributed by atoms with van der Waals surface area (Å²) in [7, 11) is 0. The number of rotatable bonds is 1. The van der Waals surface area contributed by atoms with Crippen LogP contribution in [0.4, 0.5) is 4.39 Å². The van der Waals surface area contributed by atoms with Crippen LogP contribution in [0.1, 0.15) is 49.7 Å². The third kappa shape index (κ3) is 1.70. The fourth-order valence-electron chi connectivity index (χ4n) is 4.30. The van der Waals surface area contributed by atoms with Gasteiger partial charge in [0.05, 0.1) is 0 Å². The van der Waals surface area contributed by atoms with Gasteiger partial charge in [-0.05, 0) is 60.8 Å². The lowest BCUT2D eigenvalue weighted by Crippen LogP contribution is -2.44. The van der Waals surface area contributed by atoms with E-state index in [4.69, 9.17) is 5.73 Å². The van der Waals surface area contributed by atoms with Gasteiger partial charge in [-0.15, -0.1) is 0 Å². The number of fused-ring (bicyclic) bond motifs is 2. The van der Waals surface area contributed by atoms with E-state index >= 15 is 0 Å². The molecule has 0 bridgehead atoms. The summed E-state index contributed by atoms with van der Waals surface area (Å²) in [5, 5.41) is 0. The van der Waals surface area contributed by atoms with Gasteiger partial charge in [-0.3, -0.25) is 0 Å². The van der Waals surface area contributed by atoms with Gasteiger partial charge in [0.15, 0.2) is 0 Å². The number of nitrogens with two attached hydrogens (primary N) is 1. The van der Waals surface area contributed by atoms with E-state index in [1.807, 2.05) is 6.07 Å². The van der Waals surface area contributed by atoms with Gasteiger partial charge in [0.2, 0.25) is 0 Å². The second kappa shape index (κ2) is 4.65. The molecule has 1 spiro atoms. The molecule has 0 heterocycles. The molecule has 0 amide bonds. The Kier molecular flexibility index (Phi) is 3.14. The lowest BCUT2D eigenvalue weighted by atomic mass is 9.57. The molecule has 0 saturated heterocycles. The van der Waals surface area contributed by atoms with Gasteiger partial charge in [0.1, 0.15) is 5.82 Å². The summed E-state index contributed by atoms with van der Waals surface area (Å²) in [4.78, 5) is 0. The van der Waals surface area contributed by atoms with Crippen molar-refractivity contribution in [2.45, 2.75) is 50.4 Å². The summed E-state index contributed by atoms with van der Waals surface area (Å²) in [6, 6.07) is 5.65. The maximum atomic E-state index is 14.0. The minimum absolute atomic E-state index is 0.00656. The summed E-state index contributed by atoms with van der Waals surface area (Å²) in [5.74, 6) is 0.542. The summed E-state index contributed by atoms with van der Waals surface area (Å²) in [6.45, 7) is 0.746. The monoisotopic (exact) mass is 247 g/mol. The van der Waals surface area contributed by atoms with Crippen molar-refractivity contribution in [3.8, 4) is 0 Å². The molecule has 1 fully saturated rings. The highest BCUT2D eigenvalue weighted by Gasteiger charge is 2.44. The van der Waals surface area contributed by atoms with Crippen LogP contribution in [0.15, 0.2) is 18.2 Å². The standard InChI is InChI=1S/C16H22FN/c17-15-6-4-5-14-13(15)8-7-12(11-18)16(14)9-2-1-3-10-16/h4-6,12H,1-3,7-11,18H2. The minimum atomic E-state index is -0.00656. The molecule has 2 aliphatic carbocycles. The first-order chi connectivity index (χ1) is 8.78. The Morgan fingerprint density at radius 3 is 2.72 bits per heavy atom. The molecule has 18 heavy (non-hydrogen) atoms. The highest BCUT2D eigenvalue weighted by molar-refractivity contribution is 5.39. The Hall–Kier alpha value is -0.890. The summed E-state index contributed by atoms with van der Waals surface area (Å²) >= 11 is 0. The Bertz CT molecular complexity index is 435. The van der Waals surface area contributed by atoms with E-state index in [0.717, 1.165) is 24.9 Å². The van der Waals surface area contributed by atoms with Crippen molar-refractivity contribution >= 4 is 0 Å². The van der Waals surface area contributed by atoms with Crippen LogP contribution < -0.4 is 5.73 Å². The van der Waals surface area contributed by atoms with Gasteiger partial charge in [-0.2, -0.15) is 0 Å². The molecule has 0 aliphatic heterocycles. The van der Waals surface area contributed by atoms with Crippen molar-refractivity contribution in [1.29, 1.82) is 0 Å². The van der Waals surface area contributed by atoms with E-state index in [2.05, 4.69) is 6.07 Å². The molecule has 0 radical (unpaired) electrons. The molecule has 1 unspecified atom stereocenters. The van der Waals surface area contributed by atoms with Crippen molar-refractivity contribution in [1.82, 2.24) is 0 Å². The molecule has 0 aromatic heterocycles. The maximum absolute atomic E-state index is 14.0. The average Bonchev–Trinajstić information content (AvgIpc) is 2.41. The van der Waals surface area contributed by atoms with Crippen LogP contribution in [0.3, 0.4) is 0 Å². The topological polar surface area (TPSA) is 26.0 Å². The summed E-state index contributed by atoms with van der Waals surface area (Å²) in [5.41, 5.74) is 8.45. The molecule has 1 saturated carbocycles. The molecule has 2 aliphatic rings. The SMILES string of the molecule is NCC1CCc2c(F)cccc2C12CCCCC2. The van der Waals surface area contributed by atoms with E-state index < -0.39 is 0 Å². The van der Waals surface area contributed by atoms with E-state index in [0.29, 0.717) is 5.92 Å². The molecule has 1 aromatic rings. The van der Waals surface area contributed by atoms with Crippen LogP contribution in [0.25, 0.3) is 0 Å². The molecule has 2 N–H and O–H groups in total. The first-order valence-corrected chi connectivity index (χ1v) is 7.26. The van der Waals surface area contributed by atoms with Gasteiger partial charge < -0.3 is 5.73 Å². The highest BCUT2D eigenvalue weighted by Crippen LogP contribution is 2.50. The van der Waals surface area contributed by atoms with Gasteiger partial charge in [0.25, 0.3) is 0 Å². The van der Waals surface area contributed by atoms with Crippen molar-refractivity contribution in [3.05, 3.63) is 35.1 Å². The van der Waals surface area contributed by atoms with Crippen molar-refractivity contribution in [2.75, 3.05) is 6.54 Å². The van der Waals surface area contributed by atoms with E-state index in [-0.39, 0.29) is 11.2 Å². The molecule has 1 nitrogen and oxygen atoms in total. The summed E-state index contributed by atoms with van der Waals surface area (Å²) < 4.78 is 14.0. The molecule has 3 rings (SSSR count). The summed E-state index contributed by atoms with van der Waals surface area (Å²) in [6.07, 6.45) is 8.19. The quantitative estimate of drug-likeness (QED) is 0.807. The lowest BCUT2D eigenvalue weighted by Gasteiger charge is -2.48. The third-order valence-corrected chi connectivity index (χ3v) is 5.21. The Balaban J connectivity index is 2.11. The largest absolute Gasteiger partial charge is 0.330 e. The second-order valence-corrected chi connectivity index (χ2v) is 5.95. The van der Waals surface area contributed by atoms with Gasteiger partial charge >= 0.3 is 0 Å². The average molecular weight is 247 g/mol. The van der Waals surface area contributed by atoms with E-state index in [9.17, 15) is 4.39 Å². The zero-order chi connectivity index (χ0) is 12.6. The third-order valence-electron chi connectivity index (χ3n) is 5.21. The lowest BCUT2D eigenvalue weighted by molar-refractivity contribution is 0.170. The number of benzene rings is 1. The predicted octanol–water partition coefficient (Wildman–Crippen LogP) is 3.55. The zero-order valence-corrected chi connectivity index (χ0v) is 10.9. The molecular formula is C16H22FN. The Morgan fingerprint density at radius 1 is 1.22 bits per heavy atom. The fraction of sp³-hybridized carbons (Fsp3) is 0.625. The van der Waals surface area contributed by atoms with Crippen LogP contribution in [0.5, 0.6) is 0 Å². The second-order valence-electron chi connectivity index (χ2n) is 5.95. The van der Waals surface area contributed by atoms with Crippen LogP contribution in [0, 0.1) is 11.7 Å². The first kappa shape index (κ1) is 12.2. The smallest absolute Gasteiger partial charge is 0.126 e. The van der Waals surface area contributed by atoms with Crippen LogP contribution in [-0.2, 0) is 11.8 Å². The van der Waals surface area contributed by atoms with Crippen molar-refractivity contribution in [2.24, 2.45) is 11.7 Å². The Morgan fingerprint density at radius 2 is 2.00 bits per heavy atom. The zero-order valence-electron chi connectivity index (χ0n) is 10.9. The minimum Gasteiger partial charge on any atom is -0.330 e. The predicted molar refractivity (Wildman–Crippen MR) is 72.0 cm³/mol. The molecule has 98 valence electrons. The van der Waals surface area contributed by atoms with Gasteiger partial charge in [0, 0.05) is 0 Å². The van der Waals surface area contributed by atoms with Gasteiger partial charge in [-0.1, -0.05) is 31.4 Å². The van der Waals surface area contributed by atoms with Crippen LogP contribution in [-0.4, -0.2) is 6.54 Å².